The number of allylic oxidation sites excluding steroid dienone is 1. The van der Waals surface area contributed by atoms with Gasteiger partial charge in [0.25, 0.3) is 0 Å². The van der Waals surface area contributed by atoms with Crippen LogP contribution in [0.4, 0.5) is 5.69 Å². The number of anilines is 1. The highest BCUT2D eigenvalue weighted by atomic mass is 32.1. The van der Waals surface area contributed by atoms with Crippen molar-refractivity contribution >= 4 is 34.9 Å². The Kier molecular flexibility index (Phi) is 9.20. The molecule has 0 radical (unpaired) electrons. The summed E-state index contributed by atoms with van der Waals surface area (Å²) in [5.74, 6) is -0.418. The molecule has 0 fully saturated rings. The molecular formula is C25H27N3O4S. The lowest BCUT2D eigenvalue weighted by Crippen LogP contribution is -2.21. The highest BCUT2D eigenvalue weighted by molar-refractivity contribution is 7.14. The fraction of sp³-hybridized carbons (Fsp3) is 0.360. The van der Waals surface area contributed by atoms with Crippen LogP contribution in [0.25, 0.3) is 6.08 Å². The quantitative estimate of drug-likeness (QED) is 0.285. The van der Waals surface area contributed by atoms with Gasteiger partial charge in [0.15, 0.2) is 5.78 Å². The van der Waals surface area contributed by atoms with E-state index < -0.39 is 11.8 Å². The van der Waals surface area contributed by atoms with Crippen LogP contribution < -0.4 is 9.64 Å². The second-order valence-electron chi connectivity index (χ2n) is 7.05. The van der Waals surface area contributed by atoms with Crippen molar-refractivity contribution in [1.29, 1.82) is 10.5 Å². The van der Waals surface area contributed by atoms with E-state index >= 15 is 0 Å². The van der Waals surface area contributed by atoms with Crippen LogP contribution in [-0.2, 0) is 16.0 Å². The number of rotatable bonds is 10. The number of hydrogen-bond acceptors (Lipinski definition) is 8. The highest BCUT2D eigenvalue weighted by Gasteiger charge is 2.23. The molecule has 1 aromatic carbocycles. The molecule has 172 valence electrons. The minimum Gasteiger partial charge on any atom is -0.496 e. The predicted octanol–water partition coefficient (Wildman–Crippen LogP) is 4.68. The first kappa shape index (κ1) is 25.6. The van der Waals surface area contributed by atoms with E-state index in [0.717, 1.165) is 30.1 Å². The minimum atomic E-state index is -0.524. The van der Waals surface area contributed by atoms with Gasteiger partial charge in [0.05, 0.1) is 24.9 Å². The van der Waals surface area contributed by atoms with Gasteiger partial charge >= 0.3 is 5.97 Å². The number of thiophene rings is 1. The maximum atomic E-state index is 12.9. The molecule has 0 N–H and O–H groups in total. The number of benzene rings is 1. The summed E-state index contributed by atoms with van der Waals surface area (Å²) in [5.41, 5.74) is 2.29. The molecule has 33 heavy (non-hydrogen) atoms. The Labute approximate surface area is 198 Å². The lowest BCUT2D eigenvalue weighted by molar-refractivity contribution is -0.114. The summed E-state index contributed by atoms with van der Waals surface area (Å²) in [7, 11) is 1.54. The zero-order valence-corrected chi connectivity index (χ0v) is 20.3. The summed E-state index contributed by atoms with van der Waals surface area (Å²) < 4.78 is 10.5. The van der Waals surface area contributed by atoms with Gasteiger partial charge in [0.2, 0.25) is 0 Å². The first-order chi connectivity index (χ1) is 15.8. The molecule has 0 atom stereocenters. The van der Waals surface area contributed by atoms with E-state index in [2.05, 4.69) is 24.8 Å². The summed E-state index contributed by atoms with van der Waals surface area (Å²) in [5, 5.41) is 19.2. The summed E-state index contributed by atoms with van der Waals surface area (Å²) in [6.07, 6.45) is 1.33. The highest BCUT2D eigenvalue weighted by Crippen LogP contribution is 2.31. The number of nitrogens with zero attached hydrogens (tertiary/aromatic N) is 3. The van der Waals surface area contributed by atoms with Gasteiger partial charge in [0.1, 0.15) is 22.8 Å². The molecule has 2 aromatic rings. The molecule has 0 spiro atoms. The van der Waals surface area contributed by atoms with Gasteiger partial charge < -0.3 is 14.4 Å². The maximum Gasteiger partial charge on any atom is 0.348 e. The van der Waals surface area contributed by atoms with Crippen LogP contribution in [0.5, 0.6) is 5.75 Å². The number of ether oxygens (including phenoxy) is 2. The zero-order chi connectivity index (χ0) is 24.5. The van der Waals surface area contributed by atoms with Gasteiger partial charge in [-0.15, -0.1) is 11.3 Å². The lowest BCUT2D eigenvalue weighted by Gasteiger charge is -2.22. The number of carbonyl (C=O) groups is 2. The smallest absolute Gasteiger partial charge is 0.348 e. The lowest BCUT2D eigenvalue weighted by atomic mass is 10.0. The van der Waals surface area contributed by atoms with E-state index in [1.807, 2.05) is 24.3 Å². The molecule has 0 aliphatic carbocycles. The van der Waals surface area contributed by atoms with Gasteiger partial charge in [-0.3, -0.25) is 4.79 Å². The van der Waals surface area contributed by atoms with Crippen molar-refractivity contribution in [2.45, 2.75) is 34.1 Å². The third-order valence-electron chi connectivity index (χ3n) is 5.18. The van der Waals surface area contributed by atoms with E-state index in [4.69, 9.17) is 9.47 Å². The number of hydrogen-bond donors (Lipinski definition) is 0. The van der Waals surface area contributed by atoms with Gasteiger partial charge in [-0.2, -0.15) is 10.5 Å². The molecule has 0 amide bonds. The van der Waals surface area contributed by atoms with Gasteiger partial charge in [0, 0.05) is 41.7 Å². The normalized spacial score (nSPS) is 10.8. The summed E-state index contributed by atoms with van der Waals surface area (Å²) in [6.45, 7) is 9.36. The standard InChI is InChI=1S/C25H27N3O4S/c1-6-28(7-2)19-10-9-17(22(12-19)31-5)11-18(14-26)21(29)13-23-20(15-27)16(4)24(33-23)25(30)32-8-3/h9-12H,6-8,13H2,1-5H3/b18-11+. The topological polar surface area (TPSA) is 103 Å². The zero-order valence-electron chi connectivity index (χ0n) is 19.5. The van der Waals surface area contributed by atoms with Crippen LogP contribution in [0, 0.1) is 29.6 Å². The molecule has 0 saturated carbocycles. The second-order valence-corrected chi connectivity index (χ2v) is 8.16. The van der Waals surface area contributed by atoms with Crippen molar-refractivity contribution < 1.29 is 19.1 Å². The number of methoxy groups -OCH3 is 1. The predicted molar refractivity (Wildman–Crippen MR) is 129 cm³/mol. The Morgan fingerprint density at radius 1 is 1.18 bits per heavy atom. The Bertz CT molecular complexity index is 1150. The van der Waals surface area contributed by atoms with Gasteiger partial charge in [-0.1, -0.05) is 0 Å². The molecular weight excluding hydrogens is 438 g/mol. The molecule has 7 nitrogen and oxygen atoms in total. The Hall–Kier alpha value is -3.62. The number of Topliss-reactive ketones (excluding diaryl/α,β-unsaturated/α-hetero) is 1. The number of carbonyl (C=O) groups excluding carboxylic acids is 2. The van der Waals surface area contributed by atoms with Crippen LogP contribution in [-0.4, -0.2) is 38.6 Å². The van der Waals surface area contributed by atoms with Gasteiger partial charge in [-0.25, -0.2) is 4.79 Å². The van der Waals surface area contributed by atoms with Crippen molar-refractivity contribution in [2.75, 3.05) is 31.7 Å². The van der Waals surface area contributed by atoms with Crippen molar-refractivity contribution in [2.24, 2.45) is 0 Å². The summed E-state index contributed by atoms with van der Waals surface area (Å²) in [6, 6.07) is 9.63. The monoisotopic (exact) mass is 465 g/mol. The van der Waals surface area contributed by atoms with Crippen LogP contribution in [0.3, 0.4) is 0 Å². The number of esters is 1. The van der Waals surface area contributed by atoms with Crippen molar-refractivity contribution in [1.82, 2.24) is 0 Å². The van der Waals surface area contributed by atoms with Crippen LogP contribution >= 0.6 is 11.3 Å². The average molecular weight is 466 g/mol. The third kappa shape index (κ3) is 5.79. The summed E-state index contributed by atoms with van der Waals surface area (Å²) in [4.78, 5) is 28.0. The first-order valence-corrected chi connectivity index (χ1v) is 11.4. The Morgan fingerprint density at radius 3 is 2.42 bits per heavy atom. The first-order valence-electron chi connectivity index (χ1n) is 10.6. The van der Waals surface area contributed by atoms with Crippen LogP contribution in [0.2, 0.25) is 0 Å². The van der Waals surface area contributed by atoms with E-state index in [0.29, 0.717) is 26.6 Å². The van der Waals surface area contributed by atoms with E-state index in [1.165, 1.54) is 13.2 Å². The minimum absolute atomic E-state index is 0.0588. The van der Waals surface area contributed by atoms with E-state index in [1.54, 1.807) is 13.8 Å². The SMILES string of the molecule is CCOC(=O)c1sc(CC(=O)/C(C#N)=C/c2ccc(N(CC)CC)cc2OC)c(C#N)c1C. The largest absolute Gasteiger partial charge is 0.496 e. The van der Waals surface area contributed by atoms with Crippen LogP contribution in [0.1, 0.15) is 52.0 Å². The van der Waals surface area contributed by atoms with E-state index in [9.17, 15) is 20.1 Å². The van der Waals surface area contributed by atoms with Crippen molar-refractivity contribution in [3.63, 3.8) is 0 Å². The molecule has 0 aliphatic heterocycles. The van der Waals surface area contributed by atoms with Crippen molar-refractivity contribution in [3.8, 4) is 17.9 Å². The third-order valence-corrected chi connectivity index (χ3v) is 6.45. The molecule has 1 aromatic heterocycles. The number of ketones is 1. The molecule has 0 aliphatic rings. The summed E-state index contributed by atoms with van der Waals surface area (Å²) >= 11 is 1.05. The molecule has 8 heteroatoms. The van der Waals surface area contributed by atoms with Gasteiger partial charge in [-0.05, 0) is 51.5 Å². The van der Waals surface area contributed by atoms with Crippen LogP contribution in [0.15, 0.2) is 23.8 Å². The molecule has 0 bridgehead atoms. The molecule has 0 unspecified atom stereocenters. The fourth-order valence-corrected chi connectivity index (χ4v) is 4.56. The molecule has 1 heterocycles. The average Bonchev–Trinajstić information content (AvgIpc) is 3.13. The van der Waals surface area contributed by atoms with Crippen molar-refractivity contribution in [3.05, 3.63) is 50.2 Å². The molecule has 0 saturated heterocycles. The Balaban J connectivity index is 2.39. The second kappa shape index (κ2) is 11.8. The maximum absolute atomic E-state index is 12.9. The molecule has 2 rings (SSSR count). The Morgan fingerprint density at radius 2 is 1.88 bits per heavy atom. The number of nitriles is 2. The van der Waals surface area contributed by atoms with E-state index in [-0.39, 0.29) is 24.2 Å². The fourth-order valence-electron chi connectivity index (χ4n) is 3.41.